The topological polar surface area (TPSA) is 91.4 Å². The number of hydrogen-bond acceptors (Lipinski definition) is 7. The molecule has 0 amide bonds. The summed E-state index contributed by atoms with van der Waals surface area (Å²) >= 11 is 0. The number of morpholine rings is 1. The Hall–Kier alpha value is -2.62. The molecule has 8 nitrogen and oxygen atoms in total. The lowest BCUT2D eigenvalue weighted by Crippen LogP contribution is -2.40. The molecule has 0 saturated carbocycles. The summed E-state index contributed by atoms with van der Waals surface area (Å²) in [6, 6.07) is 12.9. The molecule has 1 fully saturated rings. The van der Waals surface area contributed by atoms with Crippen LogP contribution < -0.4 is 9.47 Å². The second-order valence-corrected chi connectivity index (χ2v) is 8.37. The molecule has 162 valence electrons. The Bertz CT molecular complexity index is 921. The van der Waals surface area contributed by atoms with Gasteiger partial charge in [0.1, 0.15) is 24.7 Å². The Labute approximate surface area is 176 Å². The van der Waals surface area contributed by atoms with E-state index in [4.69, 9.17) is 18.9 Å². The van der Waals surface area contributed by atoms with Crippen molar-refractivity contribution in [3.05, 3.63) is 54.1 Å². The maximum Gasteiger partial charge on any atom is 0.338 e. The minimum absolute atomic E-state index is 0.0693. The van der Waals surface area contributed by atoms with E-state index in [2.05, 4.69) is 0 Å². The molecule has 0 unspecified atom stereocenters. The van der Waals surface area contributed by atoms with E-state index in [0.717, 1.165) is 5.75 Å². The van der Waals surface area contributed by atoms with Gasteiger partial charge in [0.25, 0.3) is 0 Å². The highest BCUT2D eigenvalue weighted by Crippen LogP contribution is 2.19. The van der Waals surface area contributed by atoms with Gasteiger partial charge in [-0.15, -0.1) is 0 Å². The average molecular weight is 435 g/mol. The molecule has 2 aromatic carbocycles. The molecule has 3 rings (SSSR count). The number of nitrogens with zero attached hydrogens (tertiary/aromatic N) is 1. The maximum atomic E-state index is 12.6. The fraction of sp³-hybridized carbons (Fsp3) is 0.381. The van der Waals surface area contributed by atoms with E-state index in [0.29, 0.717) is 38.7 Å². The Morgan fingerprint density at radius 2 is 1.53 bits per heavy atom. The summed E-state index contributed by atoms with van der Waals surface area (Å²) in [5.74, 6) is 0.864. The summed E-state index contributed by atoms with van der Waals surface area (Å²) in [6.07, 6.45) is 0. The summed E-state index contributed by atoms with van der Waals surface area (Å²) in [5.41, 5.74) is 0.275. The van der Waals surface area contributed by atoms with Crippen LogP contribution in [0.15, 0.2) is 53.4 Å². The number of sulfonamides is 1. The fourth-order valence-electron chi connectivity index (χ4n) is 2.87. The van der Waals surface area contributed by atoms with Crippen LogP contribution in [0, 0.1) is 0 Å². The SMILES string of the molecule is CCOc1ccc(OCCOC(=O)c2ccc(S(=O)(=O)N3CCOCC3)cc2)cc1. The van der Waals surface area contributed by atoms with Crippen molar-refractivity contribution in [1.29, 1.82) is 0 Å². The third kappa shape index (κ3) is 5.71. The Kier molecular flexibility index (Phi) is 7.67. The molecule has 0 bridgehead atoms. The van der Waals surface area contributed by atoms with Gasteiger partial charge >= 0.3 is 5.97 Å². The van der Waals surface area contributed by atoms with Crippen LogP contribution in [0.25, 0.3) is 0 Å². The number of rotatable bonds is 9. The van der Waals surface area contributed by atoms with Crippen LogP contribution in [0.3, 0.4) is 0 Å². The van der Waals surface area contributed by atoms with Crippen LogP contribution in [0.4, 0.5) is 0 Å². The first-order valence-electron chi connectivity index (χ1n) is 9.71. The van der Waals surface area contributed by atoms with Gasteiger partial charge in [0.15, 0.2) is 0 Å². The molecule has 0 radical (unpaired) electrons. The van der Waals surface area contributed by atoms with Gasteiger partial charge in [0.05, 0.1) is 30.3 Å². The molecule has 1 heterocycles. The zero-order chi connectivity index (χ0) is 21.4. The van der Waals surface area contributed by atoms with Gasteiger partial charge in [-0.1, -0.05) is 0 Å². The summed E-state index contributed by atoms with van der Waals surface area (Å²) in [5, 5.41) is 0. The van der Waals surface area contributed by atoms with Crippen molar-refractivity contribution in [3.63, 3.8) is 0 Å². The number of esters is 1. The quantitative estimate of drug-likeness (QED) is 0.441. The highest BCUT2D eigenvalue weighted by molar-refractivity contribution is 7.89. The Balaban J connectivity index is 1.47. The van der Waals surface area contributed by atoms with Crippen molar-refractivity contribution < 1.29 is 32.2 Å². The first-order valence-corrected chi connectivity index (χ1v) is 11.2. The number of carbonyl (C=O) groups excluding carboxylic acids is 1. The van der Waals surface area contributed by atoms with E-state index < -0.39 is 16.0 Å². The van der Waals surface area contributed by atoms with Crippen LogP contribution in [0.1, 0.15) is 17.3 Å². The molecule has 2 aromatic rings. The van der Waals surface area contributed by atoms with Gasteiger partial charge in [0.2, 0.25) is 10.0 Å². The second kappa shape index (κ2) is 10.4. The van der Waals surface area contributed by atoms with E-state index in [-0.39, 0.29) is 23.7 Å². The van der Waals surface area contributed by atoms with Crippen molar-refractivity contribution in [2.24, 2.45) is 0 Å². The zero-order valence-electron chi connectivity index (χ0n) is 16.8. The number of carbonyl (C=O) groups is 1. The largest absolute Gasteiger partial charge is 0.494 e. The fourth-order valence-corrected chi connectivity index (χ4v) is 4.28. The van der Waals surface area contributed by atoms with Crippen LogP contribution in [-0.4, -0.2) is 64.8 Å². The molecule has 0 N–H and O–H groups in total. The number of ether oxygens (including phenoxy) is 4. The predicted octanol–water partition coefficient (Wildman–Crippen LogP) is 2.34. The molecule has 0 aliphatic carbocycles. The van der Waals surface area contributed by atoms with E-state index in [1.807, 2.05) is 6.92 Å². The van der Waals surface area contributed by atoms with Crippen molar-refractivity contribution in [1.82, 2.24) is 4.31 Å². The Morgan fingerprint density at radius 3 is 2.13 bits per heavy atom. The molecular formula is C21H25NO7S. The lowest BCUT2D eigenvalue weighted by Gasteiger charge is -2.26. The average Bonchev–Trinajstić information content (AvgIpc) is 2.78. The highest BCUT2D eigenvalue weighted by atomic mass is 32.2. The van der Waals surface area contributed by atoms with Crippen molar-refractivity contribution in [2.75, 3.05) is 46.1 Å². The van der Waals surface area contributed by atoms with Crippen LogP contribution >= 0.6 is 0 Å². The molecule has 0 atom stereocenters. The normalized spacial score (nSPS) is 14.8. The molecular weight excluding hydrogens is 410 g/mol. The summed E-state index contributed by atoms with van der Waals surface area (Å²) in [6.45, 7) is 4.17. The molecule has 0 spiro atoms. The first-order chi connectivity index (χ1) is 14.5. The molecule has 30 heavy (non-hydrogen) atoms. The summed E-state index contributed by atoms with van der Waals surface area (Å²) in [4.78, 5) is 12.3. The third-order valence-electron chi connectivity index (χ3n) is 4.42. The van der Waals surface area contributed by atoms with Crippen LogP contribution in [0.5, 0.6) is 11.5 Å². The van der Waals surface area contributed by atoms with Crippen LogP contribution in [0.2, 0.25) is 0 Å². The van der Waals surface area contributed by atoms with Crippen molar-refractivity contribution >= 4 is 16.0 Å². The van der Waals surface area contributed by atoms with E-state index in [1.54, 1.807) is 24.3 Å². The van der Waals surface area contributed by atoms with Gasteiger partial charge in [-0.2, -0.15) is 4.31 Å². The van der Waals surface area contributed by atoms with Gasteiger partial charge in [-0.3, -0.25) is 0 Å². The van der Waals surface area contributed by atoms with E-state index >= 15 is 0 Å². The predicted molar refractivity (Wildman–Crippen MR) is 109 cm³/mol. The molecule has 1 aliphatic heterocycles. The molecule has 0 aromatic heterocycles. The highest BCUT2D eigenvalue weighted by Gasteiger charge is 2.26. The van der Waals surface area contributed by atoms with Gasteiger partial charge in [0, 0.05) is 13.1 Å². The summed E-state index contributed by atoms with van der Waals surface area (Å²) in [7, 11) is -3.59. The molecule has 1 aliphatic rings. The second-order valence-electron chi connectivity index (χ2n) is 6.43. The van der Waals surface area contributed by atoms with Gasteiger partial charge < -0.3 is 18.9 Å². The molecule has 1 saturated heterocycles. The van der Waals surface area contributed by atoms with Crippen molar-refractivity contribution in [2.45, 2.75) is 11.8 Å². The van der Waals surface area contributed by atoms with Gasteiger partial charge in [-0.25, -0.2) is 13.2 Å². The lowest BCUT2D eigenvalue weighted by molar-refractivity contribution is 0.0450. The molecule has 9 heteroatoms. The number of hydrogen-bond donors (Lipinski definition) is 0. The maximum absolute atomic E-state index is 12.6. The number of benzene rings is 2. The van der Waals surface area contributed by atoms with Crippen molar-refractivity contribution in [3.8, 4) is 11.5 Å². The zero-order valence-corrected chi connectivity index (χ0v) is 17.6. The lowest BCUT2D eigenvalue weighted by atomic mass is 10.2. The van der Waals surface area contributed by atoms with E-state index in [9.17, 15) is 13.2 Å². The smallest absolute Gasteiger partial charge is 0.338 e. The van der Waals surface area contributed by atoms with Crippen LogP contribution in [-0.2, 0) is 19.5 Å². The van der Waals surface area contributed by atoms with E-state index in [1.165, 1.54) is 28.6 Å². The van der Waals surface area contributed by atoms with Gasteiger partial charge in [-0.05, 0) is 55.5 Å². The minimum atomic E-state index is -3.59. The summed E-state index contributed by atoms with van der Waals surface area (Å²) < 4.78 is 47.8. The standard InChI is InChI=1S/C21H25NO7S/c1-2-27-18-5-7-19(8-6-18)28-15-16-29-21(23)17-3-9-20(10-4-17)30(24,25)22-11-13-26-14-12-22/h3-10H,2,11-16H2,1H3. The Morgan fingerprint density at radius 1 is 0.933 bits per heavy atom. The third-order valence-corrected chi connectivity index (χ3v) is 6.33. The minimum Gasteiger partial charge on any atom is -0.494 e. The first kappa shape index (κ1) is 22.1. The monoisotopic (exact) mass is 435 g/mol.